The summed E-state index contributed by atoms with van der Waals surface area (Å²) in [7, 11) is 0. The van der Waals surface area contributed by atoms with Crippen molar-refractivity contribution < 1.29 is 5.11 Å². The molecule has 0 aliphatic heterocycles. The molecule has 0 bridgehead atoms. The highest BCUT2D eigenvalue weighted by Crippen LogP contribution is 2.33. The number of rotatable bonds is 2. The van der Waals surface area contributed by atoms with Crippen LogP contribution in [0.2, 0.25) is 0 Å². The van der Waals surface area contributed by atoms with Crippen molar-refractivity contribution in [2.45, 2.75) is 12.8 Å². The summed E-state index contributed by atoms with van der Waals surface area (Å²) in [5.41, 5.74) is 8.26. The molecular formula is C11H13N5O. The van der Waals surface area contributed by atoms with Crippen LogP contribution in [0.15, 0.2) is 18.2 Å². The van der Waals surface area contributed by atoms with Crippen LogP contribution in [0.5, 0.6) is 0 Å². The largest absolute Gasteiger partial charge is 0.396 e. The van der Waals surface area contributed by atoms with Crippen LogP contribution in [0.3, 0.4) is 0 Å². The van der Waals surface area contributed by atoms with Gasteiger partial charge in [0.05, 0.1) is 0 Å². The molecule has 6 nitrogen and oxygen atoms in total. The van der Waals surface area contributed by atoms with Gasteiger partial charge < -0.3 is 10.8 Å². The number of anilines is 1. The molecule has 1 fully saturated rings. The molecule has 0 spiro atoms. The average molecular weight is 231 g/mol. The van der Waals surface area contributed by atoms with E-state index in [0.29, 0.717) is 17.0 Å². The van der Waals surface area contributed by atoms with Gasteiger partial charge in [0.25, 0.3) is 0 Å². The van der Waals surface area contributed by atoms with Gasteiger partial charge >= 0.3 is 0 Å². The molecular weight excluding hydrogens is 218 g/mol. The summed E-state index contributed by atoms with van der Waals surface area (Å²) in [5.74, 6) is 0.672. The first-order valence-corrected chi connectivity index (χ1v) is 5.54. The first kappa shape index (κ1) is 10.2. The molecule has 2 aromatic rings. The van der Waals surface area contributed by atoms with E-state index in [2.05, 4.69) is 15.0 Å². The van der Waals surface area contributed by atoms with Crippen molar-refractivity contribution in [1.29, 1.82) is 0 Å². The third kappa shape index (κ3) is 1.57. The van der Waals surface area contributed by atoms with E-state index in [1.54, 1.807) is 6.33 Å². The number of aliphatic hydroxyl groups is 1. The highest BCUT2D eigenvalue weighted by molar-refractivity contribution is 5.82. The zero-order valence-electron chi connectivity index (χ0n) is 9.24. The molecule has 0 aromatic carbocycles. The zero-order valence-corrected chi connectivity index (χ0v) is 9.24. The van der Waals surface area contributed by atoms with Crippen molar-refractivity contribution in [3.05, 3.63) is 18.2 Å². The van der Waals surface area contributed by atoms with Crippen molar-refractivity contribution in [2.75, 3.05) is 12.3 Å². The number of nitrogen functional groups attached to an aromatic ring is 1. The molecule has 1 saturated carbocycles. The van der Waals surface area contributed by atoms with Crippen molar-refractivity contribution in [3.8, 4) is 0 Å². The summed E-state index contributed by atoms with van der Waals surface area (Å²) < 4.78 is 1.84. The van der Waals surface area contributed by atoms with Gasteiger partial charge in [0.15, 0.2) is 17.0 Å². The predicted octanol–water partition coefficient (Wildman–Crippen LogP) is 0.652. The van der Waals surface area contributed by atoms with Gasteiger partial charge in [0.2, 0.25) is 0 Å². The lowest BCUT2D eigenvalue weighted by Crippen LogP contribution is -2.19. The highest BCUT2D eigenvalue weighted by Gasteiger charge is 2.23. The van der Waals surface area contributed by atoms with Crippen molar-refractivity contribution in [1.82, 2.24) is 19.5 Å². The van der Waals surface area contributed by atoms with E-state index in [1.165, 1.54) is 11.9 Å². The number of fused-ring (bicyclic) bond motifs is 1. The maximum Gasteiger partial charge on any atom is 0.169 e. The van der Waals surface area contributed by atoms with Crippen molar-refractivity contribution in [3.63, 3.8) is 0 Å². The minimum absolute atomic E-state index is 0.204. The summed E-state index contributed by atoms with van der Waals surface area (Å²) in [6, 6.07) is 0. The molecule has 1 aliphatic carbocycles. The molecule has 1 aliphatic rings. The Hall–Kier alpha value is -1.95. The summed E-state index contributed by atoms with van der Waals surface area (Å²) in [4.78, 5) is 12.2. The Bertz CT molecular complexity index is 587. The van der Waals surface area contributed by atoms with Crippen LogP contribution in [0.25, 0.3) is 17.4 Å². The normalized spacial score (nSPS) is 21.9. The van der Waals surface area contributed by atoms with Gasteiger partial charge in [-0.2, -0.15) is 0 Å². The van der Waals surface area contributed by atoms with E-state index in [4.69, 9.17) is 10.8 Å². The first-order chi connectivity index (χ1) is 8.29. The fraction of sp³-hybridized carbons (Fsp3) is 0.364. The number of nitrogens with two attached hydrogens (primary N) is 1. The molecule has 3 N–H and O–H groups in total. The Labute approximate surface area is 97.8 Å². The lowest BCUT2D eigenvalue weighted by atomic mass is 9.80. The third-order valence-electron chi connectivity index (χ3n) is 3.22. The smallest absolute Gasteiger partial charge is 0.169 e. The molecule has 17 heavy (non-hydrogen) atoms. The monoisotopic (exact) mass is 231 g/mol. The minimum atomic E-state index is 0.204. The maximum atomic E-state index is 9.13. The minimum Gasteiger partial charge on any atom is -0.396 e. The van der Waals surface area contributed by atoms with E-state index in [9.17, 15) is 0 Å². The molecule has 2 heterocycles. The lowest BCUT2D eigenvalue weighted by molar-refractivity contribution is 0.212. The van der Waals surface area contributed by atoms with Gasteiger partial charge in [-0.15, -0.1) is 0 Å². The van der Waals surface area contributed by atoms with Crippen LogP contribution >= 0.6 is 0 Å². The Kier molecular flexibility index (Phi) is 2.29. The fourth-order valence-corrected chi connectivity index (χ4v) is 2.04. The number of nitrogens with zero attached hydrogens (tertiary/aromatic N) is 4. The molecule has 1 atom stereocenters. The van der Waals surface area contributed by atoms with Crippen LogP contribution in [0.1, 0.15) is 12.8 Å². The zero-order chi connectivity index (χ0) is 11.8. The molecule has 0 saturated heterocycles. The summed E-state index contributed by atoms with van der Waals surface area (Å²) in [6.07, 6.45) is 7.15. The predicted molar refractivity (Wildman–Crippen MR) is 63.8 cm³/mol. The summed E-state index contributed by atoms with van der Waals surface area (Å²) in [5, 5.41) is 9.13. The van der Waals surface area contributed by atoms with Gasteiger partial charge in [-0.1, -0.05) is 0 Å². The number of aliphatic hydroxyl groups excluding tert-OH is 1. The second-order valence-electron chi connectivity index (χ2n) is 4.21. The van der Waals surface area contributed by atoms with Crippen LogP contribution in [0.4, 0.5) is 5.82 Å². The highest BCUT2D eigenvalue weighted by atomic mass is 16.3. The Morgan fingerprint density at radius 2 is 2.35 bits per heavy atom. The number of aromatic nitrogens is 4. The van der Waals surface area contributed by atoms with E-state index in [-0.39, 0.29) is 12.5 Å². The van der Waals surface area contributed by atoms with Gasteiger partial charge in [-0.3, -0.25) is 4.57 Å². The molecule has 88 valence electrons. The van der Waals surface area contributed by atoms with Gasteiger partial charge in [-0.05, 0) is 18.4 Å². The molecule has 0 radical (unpaired) electrons. The fourth-order valence-electron chi connectivity index (χ4n) is 2.04. The van der Waals surface area contributed by atoms with Gasteiger partial charge in [0, 0.05) is 18.7 Å². The van der Waals surface area contributed by atoms with Crippen LogP contribution in [-0.4, -0.2) is 31.2 Å². The number of hydrogen-bond donors (Lipinski definition) is 2. The van der Waals surface area contributed by atoms with Crippen molar-refractivity contribution >= 4 is 23.2 Å². The van der Waals surface area contributed by atoms with Crippen LogP contribution in [0, 0.1) is 5.92 Å². The molecule has 3 rings (SSSR count). The van der Waals surface area contributed by atoms with Crippen LogP contribution < -0.4 is 5.73 Å². The van der Waals surface area contributed by atoms with Crippen LogP contribution in [-0.2, 0) is 0 Å². The van der Waals surface area contributed by atoms with E-state index < -0.39 is 0 Å². The summed E-state index contributed by atoms with van der Waals surface area (Å²) in [6.45, 7) is 0.204. The quantitative estimate of drug-likeness (QED) is 0.792. The van der Waals surface area contributed by atoms with Gasteiger partial charge in [0.1, 0.15) is 12.7 Å². The molecule has 6 heteroatoms. The summed E-state index contributed by atoms with van der Waals surface area (Å²) >= 11 is 0. The molecule has 0 amide bonds. The topological polar surface area (TPSA) is 89.9 Å². The Morgan fingerprint density at radius 1 is 1.47 bits per heavy atom. The molecule has 1 unspecified atom stereocenters. The second kappa shape index (κ2) is 3.81. The standard InChI is InChI=1S/C11H13N5O/c12-10-9-11(14-5-13-10)16(6-15-9)3-7-1-2-8(7)4-17/h3,5-6,8,17H,1-2,4H2,(H2,12,13,14)/b7-3-. The maximum absolute atomic E-state index is 9.13. The van der Waals surface area contributed by atoms with E-state index in [1.807, 2.05) is 10.8 Å². The average Bonchev–Trinajstić information content (AvgIpc) is 2.70. The molecule has 2 aromatic heterocycles. The van der Waals surface area contributed by atoms with E-state index >= 15 is 0 Å². The SMILES string of the molecule is Nc1ncnc2c1ncn2/C=C1/CCC1CO. The van der Waals surface area contributed by atoms with Gasteiger partial charge in [-0.25, -0.2) is 15.0 Å². The third-order valence-corrected chi connectivity index (χ3v) is 3.22. The van der Waals surface area contributed by atoms with E-state index in [0.717, 1.165) is 12.8 Å². The van der Waals surface area contributed by atoms with Crippen molar-refractivity contribution in [2.24, 2.45) is 5.92 Å². The lowest BCUT2D eigenvalue weighted by Gasteiger charge is -2.27. The Morgan fingerprint density at radius 3 is 3.06 bits per heavy atom. The Balaban J connectivity index is 2.04. The number of hydrogen-bond acceptors (Lipinski definition) is 5. The first-order valence-electron chi connectivity index (χ1n) is 5.54. The number of imidazole rings is 1. The second-order valence-corrected chi connectivity index (χ2v) is 4.21.